The van der Waals surface area contributed by atoms with Gasteiger partial charge in [0, 0.05) is 35.3 Å². The molecule has 154 valence electrons. The lowest BCUT2D eigenvalue weighted by atomic mass is 10.1. The minimum absolute atomic E-state index is 0.0803. The quantitative estimate of drug-likeness (QED) is 0.440. The highest BCUT2D eigenvalue weighted by Crippen LogP contribution is 2.40. The molecule has 2 aromatic heterocycles. The van der Waals surface area contributed by atoms with Crippen molar-refractivity contribution in [2.24, 2.45) is 0 Å². The maximum absolute atomic E-state index is 12.8. The Balaban J connectivity index is 1.42. The first-order valence-electron chi connectivity index (χ1n) is 9.94. The second-order valence-corrected chi connectivity index (χ2v) is 8.55. The number of fused-ring (bicyclic) bond motifs is 1. The Bertz CT molecular complexity index is 1120. The standard InChI is InChI=1S/C23H22N2O4S/c1-14(26)24-11-10-16-8-9-22(30-16)21(27)13-29-23(28)18-12-20(15-6-7-15)25-19-5-3-2-4-17(18)19/h2-5,8-9,12,15H,6-7,10-11,13H2,1H3,(H,24,26). The Labute approximate surface area is 178 Å². The van der Waals surface area contributed by atoms with Gasteiger partial charge in [0.1, 0.15) is 0 Å². The molecule has 0 radical (unpaired) electrons. The number of nitrogens with one attached hydrogen (secondary N) is 1. The number of ether oxygens (including phenoxy) is 1. The van der Waals surface area contributed by atoms with Gasteiger partial charge < -0.3 is 10.1 Å². The summed E-state index contributed by atoms with van der Waals surface area (Å²) < 4.78 is 5.36. The number of rotatable bonds is 8. The van der Waals surface area contributed by atoms with E-state index in [0.717, 1.165) is 34.3 Å². The predicted octanol–water partition coefficient (Wildman–Crippen LogP) is 3.89. The molecule has 30 heavy (non-hydrogen) atoms. The lowest BCUT2D eigenvalue weighted by Gasteiger charge is -2.09. The van der Waals surface area contributed by atoms with Crippen LogP contribution in [0.5, 0.6) is 0 Å². The molecule has 3 aromatic rings. The Kier molecular flexibility index (Phi) is 5.90. The fraction of sp³-hybridized carbons (Fsp3) is 0.304. The van der Waals surface area contributed by atoms with E-state index in [-0.39, 0.29) is 18.3 Å². The van der Waals surface area contributed by atoms with E-state index in [1.807, 2.05) is 30.3 Å². The van der Waals surface area contributed by atoms with E-state index in [9.17, 15) is 14.4 Å². The second-order valence-electron chi connectivity index (χ2n) is 7.38. The van der Waals surface area contributed by atoms with Crippen molar-refractivity contribution in [3.05, 3.63) is 63.5 Å². The van der Waals surface area contributed by atoms with E-state index in [2.05, 4.69) is 10.3 Å². The number of para-hydroxylation sites is 1. The third-order valence-electron chi connectivity index (χ3n) is 4.97. The molecule has 1 amide bonds. The first-order chi connectivity index (χ1) is 14.5. The number of carbonyl (C=O) groups excluding carboxylic acids is 3. The zero-order valence-corrected chi connectivity index (χ0v) is 17.5. The van der Waals surface area contributed by atoms with Crippen LogP contribution in [0.2, 0.25) is 0 Å². The number of pyridine rings is 1. The Morgan fingerprint density at radius 1 is 1.17 bits per heavy atom. The molecule has 0 bridgehead atoms. The second kappa shape index (κ2) is 8.75. The van der Waals surface area contributed by atoms with Crippen LogP contribution in [0.4, 0.5) is 0 Å². The van der Waals surface area contributed by atoms with Crippen LogP contribution >= 0.6 is 11.3 Å². The van der Waals surface area contributed by atoms with E-state index in [1.54, 1.807) is 12.1 Å². The molecule has 0 saturated heterocycles. The van der Waals surface area contributed by atoms with Gasteiger partial charge in [-0.05, 0) is 43.5 Å². The van der Waals surface area contributed by atoms with Gasteiger partial charge in [-0.1, -0.05) is 18.2 Å². The molecule has 0 atom stereocenters. The summed E-state index contributed by atoms with van der Waals surface area (Å²) in [5.74, 6) is -0.417. The Hall–Kier alpha value is -3.06. The van der Waals surface area contributed by atoms with Gasteiger partial charge in [0.2, 0.25) is 11.7 Å². The predicted molar refractivity (Wildman–Crippen MR) is 115 cm³/mol. The van der Waals surface area contributed by atoms with Gasteiger partial charge in [-0.15, -0.1) is 11.3 Å². The SMILES string of the molecule is CC(=O)NCCc1ccc(C(=O)COC(=O)c2cc(C3CC3)nc3ccccc23)s1. The molecule has 7 heteroatoms. The highest BCUT2D eigenvalue weighted by atomic mass is 32.1. The molecule has 0 aliphatic heterocycles. The van der Waals surface area contributed by atoms with E-state index in [4.69, 9.17) is 4.74 Å². The van der Waals surface area contributed by atoms with Crippen LogP contribution in [0.15, 0.2) is 42.5 Å². The molecular formula is C23H22N2O4S. The number of ketones is 1. The monoisotopic (exact) mass is 422 g/mol. The first-order valence-corrected chi connectivity index (χ1v) is 10.8. The first kappa shape index (κ1) is 20.2. The van der Waals surface area contributed by atoms with Crippen molar-refractivity contribution >= 4 is 39.9 Å². The number of hydrogen-bond donors (Lipinski definition) is 1. The van der Waals surface area contributed by atoms with E-state index in [0.29, 0.717) is 29.3 Å². The van der Waals surface area contributed by atoms with Crippen LogP contribution in [0, 0.1) is 0 Å². The third kappa shape index (κ3) is 4.74. The van der Waals surface area contributed by atoms with Gasteiger partial charge in [-0.2, -0.15) is 0 Å². The van der Waals surface area contributed by atoms with E-state index >= 15 is 0 Å². The summed E-state index contributed by atoms with van der Waals surface area (Å²) in [6, 6.07) is 12.9. The Morgan fingerprint density at radius 3 is 2.73 bits per heavy atom. The molecule has 0 spiro atoms. The summed E-state index contributed by atoms with van der Waals surface area (Å²) in [7, 11) is 0. The molecule has 2 heterocycles. The zero-order valence-electron chi connectivity index (χ0n) is 16.6. The van der Waals surface area contributed by atoms with Crippen LogP contribution < -0.4 is 5.32 Å². The molecule has 4 rings (SSSR count). The molecule has 1 saturated carbocycles. The lowest BCUT2D eigenvalue weighted by molar-refractivity contribution is -0.118. The molecule has 0 unspecified atom stereocenters. The smallest absolute Gasteiger partial charge is 0.339 e. The number of nitrogens with zero attached hydrogens (tertiary/aromatic N) is 1. The van der Waals surface area contributed by atoms with E-state index < -0.39 is 5.97 Å². The summed E-state index contributed by atoms with van der Waals surface area (Å²) >= 11 is 1.36. The number of amides is 1. The van der Waals surface area contributed by atoms with Gasteiger partial charge in [0.15, 0.2) is 6.61 Å². The largest absolute Gasteiger partial charge is 0.454 e. The maximum atomic E-state index is 12.8. The third-order valence-corrected chi connectivity index (χ3v) is 6.15. The average molecular weight is 423 g/mol. The summed E-state index contributed by atoms with van der Waals surface area (Å²) in [5, 5.41) is 3.46. The number of thiophene rings is 1. The van der Waals surface area contributed by atoms with Crippen LogP contribution in [0.1, 0.15) is 56.3 Å². The van der Waals surface area contributed by atoms with Gasteiger partial charge in [0.25, 0.3) is 0 Å². The number of benzene rings is 1. The minimum Gasteiger partial charge on any atom is -0.454 e. The normalized spacial score (nSPS) is 13.2. The lowest BCUT2D eigenvalue weighted by Crippen LogP contribution is -2.22. The van der Waals surface area contributed by atoms with Crippen LogP contribution in [-0.2, 0) is 16.0 Å². The van der Waals surface area contributed by atoms with Gasteiger partial charge in [-0.3, -0.25) is 14.6 Å². The maximum Gasteiger partial charge on any atom is 0.339 e. The molecule has 1 aliphatic carbocycles. The molecule has 1 aliphatic rings. The molecule has 6 nitrogen and oxygen atoms in total. The molecular weight excluding hydrogens is 400 g/mol. The van der Waals surface area contributed by atoms with E-state index in [1.165, 1.54) is 18.3 Å². The number of aromatic nitrogens is 1. The van der Waals surface area contributed by atoms with Crippen molar-refractivity contribution in [3.63, 3.8) is 0 Å². The number of Topliss-reactive ketones (excluding diaryl/α,β-unsaturated/α-hetero) is 1. The number of carbonyl (C=O) groups is 3. The fourth-order valence-corrected chi connectivity index (χ4v) is 4.19. The van der Waals surface area contributed by atoms with Gasteiger partial charge >= 0.3 is 5.97 Å². The summed E-state index contributed by atoms with van der Waals surface area (Å²) in [6.07, 6.45) is 2.83. The Morgan fingerprint density at radius 2 is 1.97 bits per heavy atom. The van der Waals surface area contributed by atoms with Crippen molar-refractivity contribution in [3.8, 4) is 0 Å². The van der Waals surface area contributed by atoms with Crippen molar-refractivity contribution in [1.82, 2.24) is 10.3 Å². The van der Waals surface area contributed by atoms with Crippen LogP contribution in [0.25, 0.3) is 10.9 Å². The number of esters is 1. The summed E-state index contributed by atoms with van der Waals surface area (Å²) in [6.45, 7) is 1.69. The van der Waals surface area contributed by atoms with Crippen molar-refractivity contribution in [1.29, 1.82) is 0 Å². The highest BCUT2D eigenvalue weighted by molar-refractivity contribution is 7.14. The number of hydrogen-bond acceptors (Lipinski definition) is 6. The minimum atomic E-state index is -0.508. The van der Waals surface area contributed by atoms with Crippen LogP contribution in [0.3, 0.4) is 0 Å². The molecule has 1 aromatic carbocycles. The fourth-order valence-electron chi connectivity index (χ4n) is 3.26. The summed E-state index contributed by atoms with van der Waals surface area (Å²) in [5.41, 5.74) is 2.13. The van der Waals surface area contributed by atoms with Crippen molar-refractivity contribution in [2.45, 2.75) is 32.1 Å². The zero-order chi connectivity index (χ0) is 21.1. The van der Waals surface area contributed by atoms with Crippen molar-refractivity contribution < 1.29 is 19.1 Å². The van der Waals surface area contributed by atoms with Gasteiger partial charge in [0.05, 0.1) is 16.0 Å². The topological polar surface area (TPSA) is 85.4 Å². The highest BCUT2D eigenvalue weighted by Gasteiger charge is 2.27. The molecule has 1 N–H and O–H groups in total. The average Bonchev–Trinajstić information content (AvgIpc) is 3.49. The summed E-state index contributed by atoms with van der Waals surface area (Å²) in [4.78, 5) is 42.4. The van der Waals surface area contributed by atoms with Crippen molar-refractivity contribution in [2.75, 3.05) is 13.2 Å². The van der Waals surface area contributed by atoms with Gasteiger partial charge in [-0.25, -0.2) is 4.79 Å². The molecule has 1 fully saturated rings. The van der Waals surface area contributed by atoms with Crippen LogP contribution in [-0.4, -0.2) is 35.8 Å².